The predicted octanol–water partition coefficient (Wildman–Crippen LogP) is 1.51. The van der Waals surface area contributed by atoms with E-state index in [4.69, 9.17) is 0 Å². The second kappa shape index (κ2) is 5.81. The number of carbonyl (C=O) groups excluding carboxylic acids is 1. The fourth-order valence-electron chi connectivity index (χ4n) is 1.29. The maximum Gasteiger partial charge on any atom is 0.0669 e. The van der Waals surface area contributed by atoms with Gasteiger partial charge in [0.1, 0.15) is 0 Å². The summed E-state index contributed by atoms with van der Waals surface area (Å²) in [5, 5.41) is 10.3. The normalized spacial score (nSPS) is 12.5. The summed E-state index contributed by atoms with van der Waals surface area (Å²) >= 11 is 0. The van der Waals surface area contributed by atoms with Gasteiger partial charge in [-0.3, -0.25) is 0 Å². The van der Waals surface area contributed by atoms with Crippen LogP contribution in [-0.4, -0.2) is 5.97 Å². The molecule has 0 spiro atoms. The summed E-state index contributed by atoms with van der Waals surface area (Å²) in [5.41, 5.74) is 0.232. The molecule has 0 aromatic carbocycles. The van der Waals surface area contributed by atoms with Crippen LogP contribution in [0.5, 0.6) is 0 Å². The molecule has 0 heterocycles. The minimum Gasteiger partial charge on any atom is -0.545 e. The zero-order chi connectivity index (χ0) is 9.56. The van der Waals surface area contributed by atoms with Crippen molar-refractivity contribution in [2.75, 3.05) is 0 Å². The topological polar surface area (TPSA) is 40.1 Å². The van der Waals surface area contributed by atoms with E-state index in [0.717, 1.165) is 19.3 Å². The molecule has 0 aromatic heterocycles. The maximum atomic E-state index is 10.3. The first-order valence-corrected chi connectivity index (χ1v) is 4.50. The van der Waals surface area contributed by atoms with Gasteiger partial charge in [-0.2, -0.15) is 0 Å². The predicted molar refractivity (Wildman–Crippen MR) is 47.5 cm³/mol. The molecular formula is C10H17O2-. The molecule has 0 saturated heterocycles. The molecule has 0 aromatic rings. The lowest BCUT2D eigenvalue weighted by Crippen LogP contribution is -2.25. The fourth-order valence-corrected chi connectivity index (χ4v) is 1.29. The first-order valence-electron chi connectivity index (χ1n) is 4.50. The van der Waals surface area contributed by atoms with Gasteiger partial charge in [0.15, 0.2) is 0 Å². The summed E-state index contributed by atoms with van der Waals surface area (Å²) in [6, 6.07) is 0. The molecule has 0 aliphatic heterocycles. The van der Waals surface area contributed by atoms with Gasteiger partial charge in [-0.05, 0) is 17.9 Å². The van der Waals surface area contributed by atoms with Crippen LogP contribution >= 0.6 is 0 Å². The molecule has 0 aliphatic rings. The Labute approximate surface area is 74.3 Å². The number of carbonyl (C=O) groups is 1. The van der Waals surface area contributed by atoms with Gasteiger partial charge in [-0.15, -0.1) is 0 Å². The van der Waals surface area contributed by atoms with Crippen LogP contribution in [0.15, 0.2) is 12.2 Å². The monoisotopic (exact) mass is 169 g/mol. The molecule has 2 heteroatoms. The van der Waals surface area contributed by atoms with Crippen molar-refractivity contribution in [2.24, 2.45) is 5.92 Å². The number of aliphatic carboxylic acids is 1. The summed E-state index contributed by atoms with van der Waals surface area (Å²) in [6.45, 7) is 7.64. The van der Waals surface area contributed by atoms with E-state index in [9.17, 15) is 9.90 Å². The third kappa shape index (κ3) is 4.16. The van der Waals surface area contributed by atoms with Crippen LogP contribution in [0.2, 0.25) is 0 Å². The Kier molecular flexibility index (Phi) is 5.43. The van der Waals surface area contributed by atoms with E-state index >= 15 is 0 Å². The van der Waals surface area contributed by atoms with Gasteiger partial charge in [0.25, 0.3) is 0 Å². The van der Waals surface area contributed by atoms with Crippen molar-refractivity contribution < 1.29 is 9.90 Å². The second-order valence-electron chi connectivity index (χ2n) is 3.16. The lowest BCUT2D eigenvalue weighted by molar-refractivity contribution is -0.299. The van der Waals surface area contributed by atoms with Gasteiger partial charge in [0, 0.05) is 0 Å². The first-order chi connectivity index (χ1) is 5.61. The van der Waals surface area contributed by atoms with Gasteiger partial charge < -0.3 is 9.90 Å². The van der Waals surface area contributed by atoms with Gasteiger partial charge >= 0.3 is 0 Å². The molecule has 2 nitrogen and oxygen atoms in total. The van der Waals surface area contributed by atoms with Gasteiger partial charge in [-0.1, -0.05) is 39.7 Å². The highest BCUT2D eigenvalue weighted by atomic mass is 16.4. The van der Waals surface area contributed by atoms with Crippen LogP contribution in [0, 0.1) is 5.92 Å². The number of carboxylic acids is 1. The van der Waals surface area contributed by atoms with Crippen molar-refractivity contribution >= 4 is 5.97 Å². The Bertz CT molecular complexity index is 161. The average Bonchev–Trinajstić information content (AvgIpc) is 2.03. The summed E-state index contributed by atoms with van der Waals surface area (Å²) in [4.78, 5) is 10.3. The maximum absolute atomic E-state index is 10.3. The lowest BCUT2D eigenvalue weighted by atomic mass is 9.93. The van der Waals surface area contributed by atoms with E-state index in [-0.39, 0.29) is 5.57 Å². The highest BCUT2D eigenvalue weighted by Crippen LogP contribution is 2.18. The summed E-state index contributed by atoms with van der Waals surface area (Å²) in [6.07, 6.45) is 3.76. The van der Waals surface area contributed by atoms with Crippen LogP contribution in [0.4, 0.5) is 0 Å². The molecule has 0 fully saturated rings. The molecule has 0 saturated carbocycles. The van der Waals surface area contributed by atoms with E-state index < -0.39 is 5.97 Å². The van der Waals surface area contributed by atoms with E-state index in [0.29, 0.717) is 12.3 Å². The molecule has 0 radical (unpaired) electrons. The summed E-state index contributed by atoms with van der Waals surface area (Å²) in [7, 11) is 0. The van der Waals surface area contributed by atoms with Crippen molar-refractivity contribution in [1.82, 2.24) is 0 Å². The van der Waals surface area contributed by atoms with Crippen molar-refractivity contribution in [1.29, 1.82) is 0 Å². The number of carboxylic acid groups (broad SMARTS) is 1. The number of hydrogen-bond donors (Lipinski definition) is 0. The average molecular weight is 169 g/mol. The molecule has 1 unspecified atom stereocenters. The molecule has 0 aliphatic carbocycles. The first kappa shape index (κ1) is 11.2. The minimum atomic E-state index is -1.11. The molecule has 70 valence electrons. The SMILES string of the molecule is C=C(CC(CC)CCC)C(=O)[O-]. The van der Waals surface area contributed by atoms with Crippen LogP contribution in [0.3, 0.4) is 0 Å². The molecule has 0 amide bonds. The van der Waals surface area contributed by atoms with E-state index in [2.05, 4.69) is 20.4 Å². The van der Waals surface area contributed by atoms with Crippen molar-refractivity contribution in [3.63, 3.8) is 0 Å². The fraction of sp³-hybridized carbons (Fsp3) is 0.700. The van der Waals surface area contributed by atoms with Crippen molar-refractivity contribution in [3.05, 3.63) is 12.2 Å². The van der Waals surface area contributed by atoms with E-state index in [1.807, 2.05) is 0 Å². The largest absolute Gasteiger partial charge is 0.545 e. The highest BCUT2D eigenvalue weighted by Gasteiger charge is 2.07. The van der Waals surface area contributed by atoms with Gasteiger partial charge in [0.2, 0.25) is 0 Å². The lowest BCUT2D eigenvalue weighted by Gasteiger charge is -2.15. The molecule has 0 bridgehead atoms. The standard InChI is InChI=1S/C10H18O2/c1-4-6-9(5-2)7-8(3)10(11)12/h9H,3-7H2,1-2H3,(H,11,12)/p-1. The van der Waals surface area contributed by atoms with E-state index in [1.54, 1.807) is 0 Å². The quantitative estimate of drug-likeness (QED) is 0.565. The van der Waals surface area contributed by atoms with Crippen molar-refractivity contribution in [2.45, 2.75) is 39.5 Å². The molecule has 0 rings (SSSR count). The summed E-state index contributed by atoms with van der Waals surface area (Å²) < 4.78 is 0. The Hall–Kier alpha value is -0.790. The van der Waals surface area contributed by atoms with E-state index in [1.165, 1.54) is 0 Å². The zero-order valence-corrected chi connectivity index (χ0v) is 7.93. The van der Waals surface area contributed by atoms with Gasteiger partial charge in [-0.25, -0.2) is 0 Å². The Balaban J connectivity index is 3.85. The van der Waals surface area contributed by atoms with Crippen LogP contribution in [0.25, 0.3) is 0 Å². The minimum absolute atomic E-state index is 0.232. The number of hydrogen-bond acceptors (Lipinski definition) is 2. The van der Waals surface area contributed by atoms with Crippen LogP contribution in [-0.2, 0) is 4.79 Å². The Morgan fingerprint density at radius 1 is 1.50 bits per heavy atom. The molecular weight excluding hydrogens is 152 g/mol. The van der Waals surface area contributed by atoms with Crippen LogP contribution < -0.4 is 5.11 Å². The Morgan fingerprint density at radius 2 is 2.08 bits per heavy atom. The second-order valence-corrected chi connectivity index (χ2v) is 3.16. The number of rotatable bonds is 6. The smallest absolute Gasteiger partial charge is 0.0669 e. The molecule has 0 N–H and O–H groups in total. The molecule has 1 atom stereocenters. The third-order valence-corrected chi connectivity index (χ3v) is 2.10. The summed E-state index contributed by atoms with van der Waals surface area (Å²) in [5.74, 6) is -0.648. The third-order valence-electron chi connectivity index (χ3n) is 2.10. The van der Waals surface area contributed by atoms with Crippen molar-refractivity contribution in [3.8, 4) is 0 Å². The highest BCUT2D eigenvalue weighted by molar-refractivity contribution is 5.83. The zero-order valence-electron chi connectivity index (χ0n) is 7.93. The Morgan fingerprint density at radius 3 is 2.42 bits per heavy atom. The van der Waals surface area contributed by atoms with Crippen LogP contribution in [0.1, 0.15) is 39.5 Å². The molecule has 12 heavy (non-hydrogen) atoms. The van der Waals surface area contributed by atoms with Gasteiger partial charge in [0.05, 0.1) is 5.97 Å².